The van der Waals surface area contributed by atoms with Crippen LogP contribution in [-0.4, -0.2) is 68.5 Å². The summed E-state index contributed by atoms with van der Waals surface area (Å²) in [5, 5.41) is 7.25. The Morgan fingerprint density at radius 2 is 1.82 bits per heavy atom. The highest BCUT2D eigenvalue weighted by Crippen LogP contribution is 2.54. The van der Waals surface area contributed by atoms with E-state index in [2.05, 4.69) is 22.5 Å². The second-order valence-electron chi connectivity index (χ2n) is 7.99. The highest BCUT2D eigenvalue weighted by Gasteiger charge is 2.57. The van der Waals surface area contributed by atoms with Gasteiger partial charge in [0.1, 0.15) is 0 Å². The molecule has 3 rings (SSSR count). The first-order valence-electron chi connectivity index (χ1n) is 10.7. The smallest absolute Gasteiger partial charge is 0.409 e. The van der Waals surface area contributed by atoms with Crippen LogP contribution in [0, 0.1) is 5.41 Å². The fourth-order valence-corrected chi connectivity index (χ4v) is 5.04. The van der Waals surface area contributed by atoms with Crippen LogP contribution in [0.2, 0.25) is 0 Å². The number of rotatable bonds is 5. The minimum atomic E-state index is -0.196. The normalized spacial score (nSPS) is 27.1. The summed E-state index contributed by atoms with van der Waals surface area (Å²) < 4.78 is 11.1. The van der Waals surface area contributed by atoms with Crippen molar-refractivity contribution >= 4 is 36.0 Å². The zero-order valence-corrected chi connectivity index (χ0v) is 19.9. The number of nitrogens with one attached hydrogen (secondary N) is 2. The number of halogens is 1. The minimum absolute atomic E-state index is 0. The van der Waals surface area contributed by atoms with Gasteiger partial charge in [-0.05, 0) is 46.0 Å². The van der Waals surface area contributed by atoms with Gasteiger partial charge in [0, 0.05) is 44.2 Å². The van der Waals surface area contributed by atoms with Gasteiger partial charge in [0.25, 0.3) is 0 Å². The number of likely N-dealkylation sites (tertiary alicyclic amines) is 1. The summed E-state index contributed by atoms with van der Waals surface area (Å²) in [5.74, 6) is 0.885. The molecule has 3 aliphatic rings. The first-order chi connectivity index (χ1) is 13.1. The lowest BCUT2D eigenvalue weighted by Gasteiger charge is -2.54. The molecule has 1 aliphatic heterocycles. The topological polar surface area (TPSA) is 75.2 Å². The van der Waals surface area contributed by atoms with Crippen molar-refractivity contribution in [2.24, 2.45) is 10.4 Å². The Kier molecular flexibility index (Phi) is 9.11. The third kappa shape index (κ3) is 5.04. The number of aliphatic imine (C=N–C) groups is 1. The van der Waals surface area contributed by atoms with Crippen LogP contribution in [-0.2, 0) is 9.47 Å². The zero-order valence-electron chi connectivity index (χ0n) is 17.5. The zero-order chi connectivity index (χ0) is 19.3. The van der Waals surface area contributed by atoms with Crippen LogP contribution in [0.1, 0.15) is 58.8 Å². The Morgan fingerprint density at radius 3 is 2.39 bits per heavy atom. The minimum Gasteiger partial charge on any atom is -0.450 e. The Bertz CT molecular complexity index is 532. The molecule has 2 atom stereocenters. The maximum absolute atomic E-state index is 11.8. The average molecular weight is 508 g/mol. The molecule has 0 aromatic carbocycles. The standard InChI is InChI=1S/C20H36N4O3.HI/c1-4-26-17-14-16(20(17)10-6-7-11-20)23-18(21-3)22-15-8-12-24(13-9-15)19(25)27-5-2;/h15-17H,4-14H2,1-3H3,(H2,21,22,23);1H. The van der Waals surface area contributed by atoms with Crippen molar-refractivity contribution in [2.75, 3.05) is 33.4 Å². The van der Waals surface area contributed by atoms with Gasteiger partial charge < -0.3 is 25.0 Å². The van der Waals surface area contributed by atoms with E-state index in [1.165, 1.54) is 25.7 Å². The number of hydrogen-bond acceptors (Lipinski definition) is 4. The lowest BCUT2D eigenvalue weighted by atomic mass is 9.60. The van der Waals surface area contributed by atoms with E-state index in [4.69, 9.17) is 9.47 Å². The van der Waals surface area contributed by atoms with Crippen molar-refractivity contribution in [1.29, 1.82) is 0 Å². The van der Waals surface area contributed by atoms with Gasteiger partial charge in [-0.3, -0.25) is 4.99 Å². The maximum atomic E-state index is 11.8. The molecule has 28 heavy (non-hydrogen) atoms. The van der Waals surface area contributed by atoms with Gasteiger partial charge in [-0.2, -0.15) is 0 Å². The summed E-state index contributed by atoms with van der Waals surface area (Å²) >= 11 is 0. The highest BCUT2D eigenvalue weighted by atomic mass is 127. The van der Waals surface area contributed by atoms with Crippen LogP contribution in [0.4, 0.5) is 4.79 Å². The summed E-state index contributed by atoms with van der Waals surface area (Å²) in [6, 6.07) is 0.784. The lowest BCUT2D eigenvalue weighted by Crippen LogP contribution is -2.65. The number of carbonyl (C=O) groups is 1. The Morgan fingerprint density at radius 1 is 1.14 bits per heavy atom. The Labute approximate surface area is 186 Å². The molecule has 7 nitrogen and oxygen atoms in total. The van der Waals surface area contributed by atoms with Crippen LogP contribution in [0.5, 0.6) is 0 Å². The molecule has 1 spiro atoms. The third-order valence-electron chi connectivity index (χ3n) is 6.58. The molecule has 8 heteroatoms. The van der Waals surface area contributed by atoms with E-state index in [9.17, 15) is 4.79 Å². The first kappa shape index (κ1) is 23.5. The highest BCUT2D eigenvalue weighted by molar-refractivity contribution is 14.0. The van der Waals surface area contributed by atoms with Crippen molar-refractivity contribution < 1.29 is 14.3 Å². The van der Waals surface area contributed by atoms with E-state index in [1.807, 2.05) is 14.0 Å². The first-order valence-corrected chi connectivity index (χ1v) is 10.7. The third-order valence-corrected chi connectivity index (χ3v) is 6.58. The van der Waals surface area contributed by atoms with Gasteiger partial charge in [-0.1, -0.05) is 12.8 Å². The number of guanidine groups is 1. The summed E-state index contributed by atoms with van der Waals surface area (Å²) in [5.41, 5.74) is 0.293. The molecule has 162 valence electrons. The molecule has 0 aromatic heterocycles. The summed E-state index contributed by atoms with van der Waals surface area (Å²) in [6.07, 6.45) is 8.21. The van der Waals surface area contributed by atoms with Gasteiger partial charge in [-0.15, -0.1) is 24.0 Å². The number of nitrogens with zero attached hydrogens (tertiary/aromatic N) is 2. The van der Waals surface area contributed by atoms with Crippen molar-refractivity contribution in [3.63, 3.8) is 0 Å². The second-order valence-corrected chi connectivity index (χ2v) is 7.99. The van der Waals surface area contributed by atoms with Crippen molar-refractivity contribution in [2.45, 2.75) is 77.0 Å². The lowest BCUT2D eigenvalue weighted by molar-refractivity contribution is -0.125. The molecule has 2 unspecified atom stereocenters. The number of carbonyl (C=O) groups excluding carboxylic acids is 1. The molecule has 0 bridgehead atoms. The van der Waals surface area contributed by atoms with E-state index < -0.39 is 0 Å². The van der Waals surface area contributed by atoms with Crippen LogP contribution in [0.25, 0.3) is 0 Å². The van der Waals surface area contributed by atoms with Gasteiger partial charge in [0.05, 0.1) is 12.7 Å². The van der Waals surface area contributed by atoms with Gasteiger partial charge in [0.15, 0.2) is 5.96 Å². The largest absolute Gasteiger partial charge is 0.450 e. The van der Waals surface area contributed by atoms with E-state index in [-0.39, 0.29) is 30.1 Å². The van der Waals surface area contributed by atoms with Gasteiger partial charge in [0.2, 0.25) is 0 Å². The van der Waals surface area contributed by atoms with Crippen molar-refractivity contribution in [3.8, 4) is 0 Å². The van der Waals surface area contributed by atoms with Crippen LogP contribution in [0.15, 0.2) is 4.99 Å². The van der Waals surface area contributed by atoms with Gasteiger partial charge >= 0.3 is 6.09 Å². The van der Waals surface area contributed by atoms with Crippen LogP contribution < -0.4 is 10.6 Å². The van der Waals surface area contributed by atoms with Crippen LogP contribution in [0.3, 0.4) is 0 Å². The van der Waals surface area contributed by atoms with E-state index >= 15 is 0 Å². The fourth-order valence-electron chi connectivity index (χ4n) is 5.04. The van der Waals surface area contributed by atoms with E-state index in [0.29, 0.717) is 30.2 Å². The second kappa shape index (κ2) is 10.8. The van der Waals surface area contributed by atoms with E-state index in [0.717, 1.165) is 44.9 Å². The number of piperidine rings is 1. The quantitative estimate of drug-likeness (QED) is 0.339. The summed E-state index contributed by atoms with van der Waals surface area (Å²) in [7, 11) is 1.84. The Balaban J connectivity index is 0.00000280. The molecule has 1 amide bonds. The molecule has 3 fully saturated rings. The predicted octanol–water partition coefficient (Wildman–Crippen LogP) is 3.13. The van der Waals surface area contributed by atoms with Gasteiger partial charge in [-0.25, -0.2) is 4.79 Å². The number of ether oxygens (including phenoxy) is 2. The fraction of sp³-hybridized carbons (Fsp3) is 0.900. The van der Waals surface area contributed by atoms with Crippen LogP contribution >= 0.6 is 24.0 Å². The number of amides is 1. The summed E-state index contributed by atoms with van der Waals surface area (Å²) in [6.45, 7) is 6.62. The molecule has 1 saturated heterocycles. The SMILES string of the molecule is CCOC(=O)N1CCC(NC(=NC)NC2CC(OCC)C23CCCC3)CC1.I. The number of hydrogen-bond donors (Lipinski definition) is 2. The Hall–Kier alpha value is -0.770. The van der Waals surface area contributed by atoms with E-state index in [1.54, 1.807) is 4.90 Å². The molecule has 1 heterocycles. The maximum Gasteiger partial charge on any atom is 0.409 e. The molecular formula is C20H37IN4O3. The molecule has 0 aromatic rings. The van der Waals surface area contributed by atoms with Crippen molar-refractivity contribution in [1.82, 2.24) is 15.5 Å². The molecule has 0 radical (unpaired) electrons. The molecular weight excluding hydrogens is 471 g/mol. The predicted molar refractivity (Wildman–Crippen MR) is 121 cm³/mol. The molecule has 2 aliphatic carbocycles. The molecule has 2 N–H and O–H groups in total. The van der Waals surface area contributed by atoms with Crippen molar-refractivity contribution in [3.05, 3.63) is 0 Å². The average Bonchev–Trinajstić information content (AvgIpc) is 3.20. The monoisotopic (exact) mass is 508 g/mol. The molecule has 2 saturated carbocycles. The summed E-state index contributed by atoms with van der Waals surface area (Å²) in [4.78, 5) is 18.1.